The van der Waals surface area contributed by atoms with Gasteiger partial charge >= 0.3 is 0 Å². The monoisotopic (exact) mass is 289 g/mol. The van der Waals surface area contributed by atoms with Crippen LogP contribution in [0.25, 0.3) is 0 Å². The van der Waals surface area contributed by atoms with Gasteiger partial charge < -0.3 is 5.32 Å². The molecule has 114 valence electrons. The highest BCUT2D eigenvalue weighted by Gasteiger charge is 2.16. The zero-order chi connectivity index (χ0) is 15.2. The molecule has 1 aromatic heterocycles. The number of hydrogen-bond donors (Lipinski definition) is 1. The van der Waals surface area contributed by atoms with Gasteiger partial charge in [-0.1, -0.05) is 26.0 Å². The van der Waals surface area contributed by atoms with Gasteiger partial charge in [-0.2, -0.15) is 5.10 Å². The topological polar surface area (TPSA) is 29.9 Å². The Kier molecular flexibility index (Phi) is 5.51. The number of hydrogen-bond acceptors (Lipinski definition) is 2. The van der Waals surface area contributed by atoms with E-state index >= 15 is 0 Å². The van der Waals surface area contributed by atoms with E-state index in [9.17, 15) is 4.39 Å². The van der Waals surface area contributed by atoms with Crippen LogP contribution in [0.2, 0.25) is 0 Å². The maximum atomic E-state index is 13.5. The van der Waals surface area contributed by atoms with Crippen molar-refractivity contribution in [1.29, 1.82) is 0 Å². The van der Waals surface area contributed by atoms with E-state index in [-0.39, 0.29) is 11.9 Å². The standard InChI is InChI=1S/C17H24FN3/c1-4-8-19-17(14-6-7-16(18)13(3)10-14)15-11-20-21(12-15)9-5-2/h6-7,10-12,17,19H,4-5,8-9H2,1-3H3. The van der Waals surface area contributed by atoms with Crippen LogP contribution >= 0.6 is 0 Å². The Morgan fingerprint density at radius 3 is 2.71 bits per heavy atom. The average Bonchev–Trinajstić information content (AvgIpc) is 2.92. The van der Waals surface area contributed by atoms with Gasteiger partial charge in [0, 0.05) is 18.3 Å². The molecule has 1 atom stereocenters. The van der Waals surface area contributed by atoms with Gasteiger partial charge in [-0.05, 0) is 43.5 Å². The third-order valence-corrected chi connectivity index (χ3v) is 3.55. The van der Waals surface area contributed by atoms with Crippen molar-refractivity contribution in [2.45, 2.75) is 46.2 Å². The van der Waals surface area contributed by atoms with Crippen molar-refractivity contribution in [1.82, 2.24) is 15.1 Å². The Morgan fingerprint density at radius 1 is 1.24 bits per heavy atom. The van der Waals surface area contributed by atoms with Gasteiger partial charge in [0.1, 0.15) is 5.82 Å². The maximum absolute atomic E-state index is 13.5. The van der Waals surface area contributed by atoms with E-state index in [4.69, 9.17) is 0 Å². The molecule has 2 aromatic rings. The minimum atomic E-state index is -0.158. The van der Waals surface area contributed by atoms with E-state index in [1.807, 2.05) is 23.0 Å². The molecular formula is C17H24FN3. The van der Waals surface area contributed by atoms with Gasteiger partial charge in [-0.15, -0.1) is 0 Å². The smallest absolute Gasteiger partial charge is 0.126 e. The van der Waals surface area contributed by atoms with Gasteiger partial charge in [0.15, 0.2) is 0 Å². The van der Waals surface area contributed by atoms with Crippen LogP contribution in [-0.2, 0) is 6.54 Å². The van der Waals surface area contributed by atoms with Crippen LogP contribution in [0, 0.1) is 12.7 Å². The molecule has 1 N–H and O–H groups in total. The number of benzene rings is 1. The Hall–Kier alpha value is -1.68. The first kappa shape index (κ1) is 15.7. The summed E-state index contributed by atoms with van der Waals surface area (Å²) in [6.45, 7) is 7.91. The Bertz CT molecular complexity index is 577. The van der Waals surface area contributed by atoms with Crippen molar-refractivity contribution in [3.05, 3.63) is 53.1 Å². The van der Waals surface area contributed by atoms with Crippen molar-refractivity contribution in [3.8, 4) is 0 Å². The molecule has 0 radical (unpaired) electrons. The molecule has 4 heteroatoms. The predicted molar refractivity (Wildman–Crippen MR) is 83.8 cm³/mol. The van der Waals surface area contributed by atoms with Crippen molar-refractivity contribution in [3.63, 3.8) is 0 Å². The summed E-state index contributed by atoms with van der Waals surface area (Å²) in [7, 11) is 0. The quantitative estimate of drug-likeness (QED) is 0.839. The predicted octanol–water partition coefficient (Wildman–Crippen LogP) is 3.83. The molecule has 0 fully saturated rings. The lowest BCUT2D eigenvalue weighted by atomic mass is 9.99. The molecule has 1 aromatic carbocycles. The van der Waals surface area contributed by atoms with Crippen molar-refractivity contribution in [2.75, 3.05) is 6.54 Å². The molecule has 0 spiro atoms. The Morgan fingerprint density at radius 2 is 2.05 bits per heavy atom. The van der Waals surface area contributed by atoms with Gasteiger partial charge in [-0.3, -0.25) is 4.68 Å². The largest absolute Gasteiger partial charge is 0.306 e. The van der Waals surface area contributed by atoms with Crippen LogP contribution in [0.3, 0.4) is 0 Å². The fraction of sp³-hybridized carbons (Fsp3) is 0.471. The molecule has 0 saturated carbocycles. The normalized spacial score (nSPS) is 12.6. The number of nitrogens with zero attached hydrogens (tertiary/aromatic N) is 2. The Labute approximate surface area is 126 Å². The van der Waals surface area contributed by atoms with E-state index in [1.165, 1.54) is 0 Å². The van der Waals surface area contributed by atoms with Gasteiger partial charge in [-0.25, -0.2) is 4.39 Å². The molecule has 2 rings (SSSR count). The Balaban J connectivity index is 2.29. The van der Waals surface area contributed by atoms with Crippen LogP contribution in [-0.4, -0.2) is 16.3 Å². The molecule has 0 aliphatic rings. The third kappa shape index (κ3) is 3.91. The van der Waals surface area contributed by atoms with Gasteiger partial charge in [0.25, 0.3) is 0 Å². The summed E-state index contributed by atoms with van der Waals surface area (Å²) in [4.78, 5) is 0. The fourth-order valence-corrected chi connectivity index (χ4v) is 2.44. The summed E-state index contributed by atoms with van der Waals surface area (Å²) in [5.41, 5.74) is 2.89. The van der Waals surface area contributed by atoms with E-state index in [2.05, 4.69) is 30.5 Å². The van der Waals surface area contributed by atoms with Gasteiger partial charge in [0.2, 0.25) is 0 Å². The SMILES string of the molecule is CCCNC(c1ccc(F)c(C)c1)c1cnn(CCC)c1. The highest BCUT2D eigenvalue weighted by Crippen LogP contribution is 2.23. The molecule has 0 bridgehead atoms. The summed E-state index contributed by atoms with van der Waals surface area (Å²) in [6.07, 6.45) is 6.10. The summed E-state index contributed by atoms with van der Waals surface area (Å²) in [6, 6.07) is 5.38. The van der Waals surface area contributed by atoms with Gasteiger partial charge in [0.05, 0.1) is 12.2 Å². The number of aromatic nitrogens is 2. The third-order valence-electron chi connectivity index (χ3n) is 3.55. The van der Waals surface area contributed by atoms with E-state index in [1.54, 1.807) is 13.0 Å². The fourth-order valence-electron chi connectivity index (χ4n) is 2.44. The molecule has 3 nitrogen and oxygen atoms in total. The molecule has 1 heterocycles. The zero-order valence-corrected chi connectivity index (χ0v) is 13.1. The van der Waals surface area contributed by atoms with Crippen LogP contribution < -0.4 is 5.32 Å². The van der Waals surface area contributed by atoms with Crippen LogP contribution in [0.1, 0.15) is 49.4 Å². The molecule has 0 aliphatic heterocycles. The van der Waals surface area contributed by atoms with E-state index in [0.717, 1.165) is 37.1 Å². The minimum Gasteiger partial charge on any atom is -0.306 e. The first-order valence-electron chi connectivity index (χ1n) is 7.67. The van der Waals surface area contributed by atoms with Crippen LogP contribution in [0.5, 0.6) is 0 Å². The highest BCUT2D eigenvalue weighted by molar-refractivity contribution is 5.32. The lowest BCUT2D eigenvalue weighted by Gasteiger charge is -2.18. The van der Waals surface area contributed by atoms with Crippen molar-refractivity contribution < 1.29 is 4.39 Å². The summed E-state index contributed by atoms with van der Waals surface area (Å²) >= 11 is 0. The summed E-state index contributed by atoms with van der Waals surface area (Å²) in [5.74, 6) is -0.158. The second kappa shape index (κ2) is 7.36. The summed E-state index contributed by atoms with van der Waals surface area (Å²) < 4.78 is 15.4. The van der Waals surface area contributed by atoms with Crippen LogP contribution in [0.15, 0.2) is 30.6 Å². The second-order valence-corrected chi connectivity index (χ2v) is 5.43. The van der Waals surface area contributed by atoms with Crippen LogP contribution in [0.4, 0.5) is 4.39 Å². The maximum Gasteiger partial charge on any atom is 0.126 e. The molecular weight excluding hydrogens is 265 g/mol. The first-order valence-corrected chi connectivity index (χ1v) is 7.67. The molecule has 0 aliphatic carbocycles. The first-order chi connectivity index (χ1) is 10.2. The minimum absolute atomic E-state index is 0.0647. The number of nitrogens with one attached hydrogen (secondary N) is 1. The zero-order valence-electron chi connectivity index (χ0n) is 13.1. The lowest BCUT2D eigenvalue weighted by molar-refractivity contribution is 0.583. The molecule has 0 saturated heterocycles. The van der Waals surface area contributed by atoms with Crippen molar-refractivity contribution in [2.24, 2.45) is 0 Å². The van der Waals surface area contributed by atoms with E-state index in [0.29, 0.717) is 5.56 Å². The molecule has 1 unspecified atom stereocenters. The number of rotatable bonds is 7. The van der Waals surface area contributed by atoms with Crippen molar-refractivity contribution >= 4 is 0 Å². The summed E-state index contributed by atoms with van der Waals surface area (Å²) in [5, 5.41) is 7.93. The number of aryl methyl sites for hydroxylation is 2. The average molecular weight is 289 g/mol. The second-order valence-electron chi connectivity index (χ2n) is 5.43. The lowest BCUT2D eigenvalue weighted by Crippen LogP contribution is -2.23. The number of halogens is 1. The molecule has 21 heavy (non-hydrogen) atoms. The highest BCUT2D eigenvalue weighted by atomic mass is 19.1. The molecule has 0 amide bonds. The van der Waals surface area contributed by atoms with E-state index < -0.39 is 0 Å².